The number of halogens is 6. The van der Waals surface area contributed by atoms with Crippen molar-refractivity contribution in [2.75, 3.05) is 7.05 Å². The Morgan fingerprint density at radius 2 is 1.31 bits per heavy atom. The average molecular weight is 253 g/mol. The summed E-state index contributed by atoms with van der Waals surface area (Å²) in [7, 11) is 1.42. The Morgan fingerprint density at radius 1 is 0.938 bits per heavy atom. The second kappa shape index (κ2) is 5.22. The molecule has 0 saturated heterocycles. The fourth-order valence-electron chi connectivity index (χ4n) is 0.907. The van der Waals surface area contributed by atoms with E-state index in [2.05, 4.69) is 10.1 Å². The van der Waals surface area contributed by atoms with Gasteiger partial charge in [0.1, 0.15) is 0 Å². The molecular weight excluding hydrogens is 240 g/mol. The van der Waals surface area contributed by atoms with Crippen LogP contribution in [-0.2, 0) is 4.74 Å². The lowest BCUT2D eigenvalue weighted by Gasteiger charge is -2.28. The lowest BCUT2D eigenvalue weighted by Crippen LogP contribution is -2.49. The van der Waals surface area contributed by atoms with Gasteiger partial charge in [0.05, 0.1) is 6.10 Å². The Hall–Kier alpha value is -0.500. The van der Waals surface area contributed by atoms with Crippen molar-refractivity contribution in [3.63, 3.8) is 0 Å². The fourth-order valence-corrected chi connectivity index (χ4v) is 0.907. The highest BCUT2D eigenvalue weighted by atomic mass is 19.4. The molecule has 8 heteroatoms. The molecule has 2 nitrogen and oxygen atoms in total. The van der Waals surface area contributed by atoms with Gasteiger partial charge in [0.25, 0.3) is 0 Å². The maximum absolute atomic E-state index is 12.1. The van der Waals surface area contributed by atoms with E-state index >= 15 is 0 Å². The number of hydrogen-bond acceptors (Lipinski definition) is 2. The van der Waals surface area contributed by atoms with E-state index in [4.69, 9.17) is 0 Å². The monoisotopic (exact) mass is 253 g/mol. The topological polar surface area (TPSA) is 21.3 Å². The number of alkyl halides is 6. The Kier molecular flexibility index (Phi) is 5.06. The first-order valence-electron chi connectivity index (χ1n) is 4.46. The molecule has 0 aromatic rings. The van der Waals surface area contributed by atoms with Crippen molar-refractivity contribution in [2.24, 2.45) is 0 Å². The Morgan fingerprint density at radius 3 is 1.56 bits per heavy atom. The molecule has 0 rings (SSSR count). The van der Waals surface area contributed by atoms with Crippen LogP contribution in [0.1, 0.15) is 13.8 Å². The highest BCUT2D eigenvalue weighted by Gasteiger charge is 2.58. The molecule has 0 aromatic heterocycles. The minimum absolute atomic E-state index is 0.618. The van der Waals surface area contributed by atoms with Crippen LogP contribution >= 0.6 is 0 Å². The van der Waals surface area contributed by atoms with Gasteiger partial charge in [-0.3, -0.25) is 0 Å². The normalized spacial score (nSPS) is 17.6. The lowest BCUT2D eigenvalue weighted by molar-refractivity contribution is -0.331. The SMILES string of the molecule is CNC(C)C(C)OC(C(F)(F)F)C(F)(F)F. The summed E-state index contributed by atoms with van der Waals surface area (Å²) in [6, 6.07) is -0.618. The molecule has 0 bridgehead atoms. The number of nitrogens with one attached hydrogen (secondary N) is 1. The molecule has 0 radical (unpaired) electrons. The summed E-state index contributed by atoms with van der Waals surface area (Å²) < 4.78 is 76.5. The van der Waals surface area contributed by atoms with Gasteiger partial charge in [0.2, 0.25) is 6.10 Å². The molecule has 16 heavy (non-hydrogen) atoms. The quantitative estimate of drug-likeness (QED) is 0.777. The van der Waals surface area contributed by atoms with Gasteiger partial charge in [-0.05, 0) is 20.9 Å². The Labute approximate surface area is 89.0 Å². The van der Waals surface area contributed by atoms with E-state index in [-0.39, 0.29) is 0 Å². The molecule has 98 valence electrons. The number of hydrogen-bond donors (Lipinski definition) is 1. The van der Waals surface area contributed by atoms with Crippen LogP contribution in [0.2, 0.25) is 0 Å². The van der Waals surface area contributed by atoms with Gasteiger partial charge < -0.3 is 10.1 Å². The highest BCUT2D eigenvalue weighted by Crippen LogP contribution is 2.36. The third kappa shape index (κ3) is 4.56. The van der Waals surface area contributed by atoms with E-state index in [1.165, 1.54) is 14.0 Å². The van der Waals surface area contributed by atoms with Gasteiger partial charge >= 0.3 is 12.4 Å². The van der Waals surface area contributed by atoms with Crippen molar-refractivity contribution < 1.29 is 31.1 Å². The molecule has 0 spiro atoms. The summed E-state index contributed by atoms with van der Waals surface area (Å²) in [4.78, 5) is 0. The number of ether oxygens (including phenoxy) is 1. The van der Waals surface area contributed by atoms with Crippen LogP contribution in [0.3, 0.4) is 0 Å². The van der Waals surface area contributed by atoms with Crippen LogP contribution in [0.25, 0.3) is 0 Å². The van der Waals surface area contributed by atoms with Crippen LogP contribution in [0, 0.1) is 0 Å². The van der Waals surface area contributed by atoms with Crippen molar-refractivity contribution in [3.05, 3.63) is 0 Å². The number of rotatable bonds is 4. The summed E-state index contributed by atoms with van der Waals surface area (Å²) >= 11 is 0. The average Bonchev–Trinajstić information content (AvgIpc) is 2.08. The molecular formula is C8H13F6NO. The molecule has 1 N–H and O–H groups in total. The molecule has 0 heterocycles. The second-order valence-electron chi connectivity index (χ2n) is 3.38. The van der Waals surface area contributed by atoms with E-state index in [1.807, 2.05) is 0 Å². The minimum Gasteiger partial charge on any atom is -0.356 e. The first-order valence-corrected chi connectivity index (χ1v) is 4.46. The number of likely N-dealkylation sites (N-methyl/N-ethyl adjacent to an activating group) is 1. The van der Waals surface area contributed by atoms with Crippen molar-refractivity contribution in [1.29, 1.82) is 0 Å². The fraction of sp³-hybridized carbons (Fsp3) is 1.00. The van der Waals surface area contributed by atoms with Crippen LogP contribution in [0.4, 0.5) is 26.3 Å². The molecule has 0 aliphatic carbocycles. The van der Waals surface area contributed by atoms with Crippen molar-refractivity contribution in [3.8, 4) is 0 Å². The molecule has 2 unspecified atom stereocenters. The third-order valence-electron chi connectivity index (χ3n) is 2.10. The van der Waals surface area contributed by atoms with Gasteiger partial charge in [-0.25, -0.2) is 0 Å². The van der Waals surface area contributed by atoms with Crippen LogP contribution in [-0.4, -0.2) is 37.7 Å². The molecule has 0 amide bonds. The summed E-state index contributed by atoms with van der Waals surface area (Å²) in [6.07, 6.45) is -15.9. The standard InChI is InChI=1S/C8H13F6NO/c1-4(15-3)5(2)16-6(7(9,10)11)8(12,13)14/h4-6,15H,1-3H3. The van der Waals surface area contributed by atoms with Crippen LogP contribution in [0.15, 0.2) is 0 Å². The largest absolute Gasteiger partial charge is 0.423 e. The molecule has 0 saturated carbocycles. The van der Waals surface area contributed by atoms with Crippen molar-refractivity contribution in [2.45, 2.75) is 44.4 Å². The van der Waals surface area contributed by atoms with Gasteiger partial charge in [0, 0.05) is 6.04 Å². The zero-order valence-corrected chi connectivity index (χ0v) is 8.91. The Balaban J connectivity index is 4.71. The van der Waals surface area contributed by atoms with Gasteiger partial charge in [-0.15, -0.1) is 0 Å². The van der Waals surface area contributed by atoms with Crippen LogP contribution in [0.5, 0.6) is 0 Å². The van der Waals surface area contributed by atoms with Crippen molar-refractivity contribution >= 4 is 0 Å². The van der Waals surface area contributed by atoms with Gasteiger partial charge in [-0.1, -0.05) is 0 Å². The maximum atomic E-state index is 12.1. The molecule has 0 fully saturated rings. The van der Waals surface area contributed by atoms with E-state index in [9.17, 15) is 26.3 Å². The summed E-state index contributed by atoms with van der Waals surface area (Å²) in [5.74, 6) is 0. The van der Waals surface area contributed by atoms with E-state index in [0.717, 1.165) is 6.92 Å². The summed E-state index contributed by atoms with van der Waals surface area (Å²) in [6.45, 7) is 2.57. The Bertz CT molecular complexity index is 200. The summed E-state index contributed by atoms with van der Waals surface area (Å²) in [5, 5.41) is 2.51. The second-order valence-corrected chi connectivity index (χ2v) is 3.38. The zero-order chi connectivity index (χ0) is 13.1. The summed E-state index contributed by atoms with van der Waals surface area (Å²) in [5.41, 5.74) is 0. The van der Waals surface area contributed by atoms with E-state index < -0.39 is 30.6 Å². The van der Waals surface area contributed by atoms with E-state index in [1.54, 1.807) is 0 Å². The first kappa shape index (κ1) is 15.5. The first-order chi connectivity index (χ1) is 7.00. The third-order valence-corrected chi connectivity index (χ3v) is 2.10. The van der Waals surface area contributed by atoms with Gasteiger partial charge in [-0.2, -0.15) is 26.3 Å². The maximum Gasteiger partial charge on any atom is 0.423 e. The molecule has 0 aromatic carbocycles. The van der Waals surface area contributed by atoms with Crippen molar-refractivity contribution in [1.82, 2.24) is 5.32 Å². The highest BCUT2D eigenvalue weighted by molar-refractivity contribution is 4.79. The van der Waals surface area contributed by atoms with E-state index in [0.29, 0.717) is 0 Å². The lowest BCUT2D eigenvalue weighted by atomic mass is 10.2. The zero-order valence-electron chi connectivity index (χ0n) is 8.91. The smallest absolute Gasteiger partial charge is 0.356 e. The molecule has 0 aliphatic heterocycles. The predicted molar refractivity (Wildman–Crippen MR) is 45.0 cm³/mol. The minimum atomic E-state index is -5.46. The van der Waals surface area contributed by atoms with Gasteiger partial charge in [0.15, 0.2) is 0 Å². The molecule has 0 aliphatic rings. The van der Waals surface area contributed by atoms with Crippen LogP contribution < -0.4 is 5.32 Å². The predicted octanol–water partition coefficient (Wildman–Crippen LogP) is 2.49. The molecule has 2 atom stereocenters.